The Morgan fingerprint density at radius 1 is 1.35 bits per heavy atom. The van der Waals surface area contributed by atoms with E-state index in [0.29, 0.717) is 6.54 Å². The van der Waals surface area contributed by atoms with Gasteiger partial charge in [0.25, 0.3) is 10.0 Å². The normalized spacial score (nSPS) is 11.6. The minimum absolute atomic E-state index is 0.132. The molecule has 20 heavy (non-hydrogen) atoms. The molecule has 8 heteroatoms. The van der Waals surface area contributed by atoms with E-state index in [9.17, 15) is 12.8 Å². The Balaban J connectivity index is 2.23. The predicted octanol–water partition coefficient (Wildman–Crippen LogP) is 3.06. The highest BCUT2D eigenvalue weighted by Crippen LogP contribution is 2.25. The Labute approximate surface area is 125 Å². The summed E-state index contributed by atoms with van der Waals surface area (Å²) >= 11 is 6.74. The Morgan fingerprint density at radius 3 is 2.75 bits per heavy atom. The molecule has 0 saturated carbocycles. The number of hydrogen-bond acceptors (Lipinski definition) is 4. The van der Waals surface area contributed by atoms with E-state index in [1.54, 1.807) is 18.5 Å². The smallest absolute Gasteiger partial charge is 0.271 e. The average Bonchev–Trinajstić information content (AvgIpc) is 2.83. The fourth-order valence-corrected chi connectivity index (χ4v) is 4.00. The van der Waals surface area contributed by atoms with E-state index in [-0.39, 0.29) is 14.9 Å². The van der Waals surface area contributed by atoms with Gasteiger partial charge in [0.05, 0.1) is 10.7 Å². The van der Waals surface area contributed by atoms with E-state index in [0.717, 1.165) is 23.0 Å². The first-order valence-corrected chi connectivity index (χ1v) is 8.36. The molecule has 0 aliphatic carbocycles. The number of nitrogens with one attached hydrogen (secondary N) is 2. The standard InChI is InChI=1S/C12H12ClFN2O2S2/c1-15-6-8-4-12(19-7-8)20(17,18)16-9-2-3-11(14)10(13)5-9/h2-5,7,15-16H,6H2,1H3. The molecule has 0 aliphatic heterocycles. The Bertz CT molecular complexity index is 716. The quantitative estimate of drug-likeness (QED) is 0.883. The molecule has 0 bridgehead atoms. The fourth-order valence-electron chi connectivity index (χ4n) is 1.56. The SMILES string of the molecule is CNCc1csc(S(=O)(=O)Nc2ccc(F)c(Cl)c2)c1. The lowest BCUT2D eigenvalue weighted by Gasteiger charge is -2.06. The molecule has 4 nitrogen and oxygen atoms in total. The van der Waals surface area contributed by atoms with Crippen LogP contribution >= 0.6 is 22.9 Å². The third-order valence-corrected chi connectivity index (χ3v) is 5.61. The summed E-state index contributed by atoms with van der Waals surface area (Å²) in [5.74, 6) is -0.595. The summed E-state index contributed by atoms with van der Waals surface area (Å²) in [5, 5.41) is 4.58. The fraction of sp³-hybridized carbons (Fsp3) is 0.167. The molecular formula is C12H12ClFN2O2S2. The lowest BCUT2D eigenvalue weighted by Crippen LogP contribution is -2.11. The molecule has 0 saturated heterocycles. The number of thiophene rings is 1. The summed E-state index contributed by atoms with van der Waals surface area (Å²) in [6.45, 7) is 0.592. The van der Waals surface area contributed by atoms with Crippen molar-refractivity contribution in [2.45, 2.75) is 10.8 Å². The van der Waals surface area contributed by atoms with Crippen LogP contribution in [0.3, 0.4) is 0 Å². The first kappa shape index (κ1) is 15.2. The van der Waals surface area contributed by atoms with Gasteiger partial charge in [-0.15, -0.1) is 11.3 Å². The van der Waals surface area contributed by atoms with Crippen LogP contribution in [0.15, 0.2) is 33.9 Å². The van der Waals surface area contributed by atoms with Crippen LogP contribution in [-0.2, 0) is 16.6 Å². The van der Waals surface area contributed by atoms with Crippen LogP contribution in [-0.4, -0.2) is 15.5 Å². The van der Waals surface area contributed by atoms with Crippen molar-refractivity contribution < 1.29 is 12.8 Å². The highest BCUT2D eigenvalue weighted by molar-refractivity contribution is 7.94. The molecule has 2 rings (SSSR count). The molecule has 108 valence electrons. The molecule has 1 aromatic carbocycles. The summed E-state index contributed by atoms with van der Waals surface area (Å²) in [5.41, 5.74) is 1.11. The number of sulfonamides is 1. The molecule has 2 aromatic rings. The molecular weight excluding hydrogens is 323 g/mol. The molecule has 1 heterocycles. The van der Waals surface area contributed by atoms with Gasteiger partial charge >= 0.3 is 0 Å². The van der Waals surface area contributed by atoms with E-state index in [2.05, 4.69) is 10.0 Å². The van der Waals surface area contributed by atoms with Gasteiger partial charge in [-0.25, -0.2) is 12.8 Å². The van der Waals surface area contributed by atoms with E-state index in [4.69, 9.17) is 11.6 Å². The van der Waals surface area contributed by atoms with Gasteiger partial charge in [0.1, 0.15) is 10.0 Å². The van der Waals surface area contributed by atoms with Gasteiger partial charge in [0.15, 0.2) is 0 Å². The zero-order chi connectivity index (χ0) is 14.8. The summed E-state index contributed by atoms with van der Waals surface area (Å²) in [6, 6.07) is 5.26. The molecule has 2 N–H and O–H groups in total. The molecule has 0 aliphatic rings. The van der Waals surface area contributed by atoms with Gasteiger partial charge in [-0.1, -0.05) is 11.6 Å². The van der Waals surface area contributed by atoms with E-state index in [1.165, 1.54) is 12.1 Å². The lowest BCUT2D eigenvalue weighted by atomic mass is 10.3. The van der Waals surface area contributed by atoms with Crippen molar-refractivity contribution in [3.8, 4) is 0 Å². The summed E-state index contributed by atoms with van der Waals surface area (Å²) in [4.78, 5) is 0. The average molecular weight is 335 g/mol. The summed E-state index contributed by atoms with van der Waals surface area (Å²) in [7, 11) is -1.90. The second kappa shape index (κ2) is 6.09. The van der Waals surface area contributed by atoms with Crippen molar-refractivity contribution in [2.24, 2.45) is 0 Å². The molecule has 0 spiro atoms. The van der Waals surface area contributed by atoms with Gasteiger partial charge in [0.2, 0.25) is 0 Å². The van der Waals surface area contributed by atoms with E-state index in [1.807, 2.05) is 0 Å². The van der Waals surface area contributed by atoms with Crippen LogP contribution in [0.25, 0.3) is 0 Å². The largest absolute Gasteiger partial charge is 0.316 e. The third kappa shape index (κ3) is 3.49. The molecule has 0 unspecified atom stereocenters. The monoisotopic (exact) mass is 334 g/mol. The highest BCUT2D eigenvalue weighted by Gasteiger charge is 2.17. The van der Waals surface area contributed by atoms with Crippen LogP contribution in [0.1, 0.15) is 5.56 Å². The third-order valence-electron chi connectivity index (χ3n) is 2.45. The second-order valence-electron chi connectivity index (χ2n) is 4.04. The minimum Gasteiger partial charge on any atom is -0.316 e. The maximum Gasteiger partial charge on any atom is 0.271 e. The van der Waals surface area contributed by atoms with Crippen LogP contribution in [0, 0.1) is 5.82 Å². The predicted molar refractivity (Wildman–Crippen MR) is 79.3 cm³/mol. The summed E-state index contributed by atoms with van der Waals surface area (Å²) in [6.07, 6.45) is 0. The second-order valence-corrected chi connectivity index (χ2v) is 7.27. The number of benzene rings is 1. The molecule has 0 radical (unpaired) electrons. The molecule has 1 aromatic heterocycles. The van der Waals surface area contributed by atoms with Crippen molar-refractivity contribution in [3.05, 3.63) is 46.0 Å². The Morgan fingerprint density at radius 2 is 2.10 bits per heavy atom. The lowest BCUT2D eigenvalue weighted by molar-refractivity contribution is 0.603. The van der Waals surface area contributed by atoms with Gasteiger partial charge in [0, 0.05) is 6.54 Å². The number of hydrogen-bond donors (Lipinski definition) is 2. The number of halogens is 2. The van der Waals surface area contributed by atoms with Crippen molar-refractivity contribution in [2.75, 3.05) is 11.8 Å². The van der Waals surface area contributed by atoms with Gasteiger partial charge in [-0.3, -0.25) is 4.72 Å². The zero-order valence-electron chi connectivity index (χ0n) is 10.5. The van der Waals surface area contributed by atoms with Gasteiger partial charge < -0.3 is 5.32 Å². The van der Waals surface area contributed by atoms with Crippen LogP contribution in [0.5, 0.6) is 0 Å². The minimum atomic E-state index is -3.68. The van der Waals surface area contributed by atoms with Crippen molar-refractivity contribution in [1.82, 2.24) is 5.32 Å². The summed E-state index contributed by atoms with van der Waals surface area (Å²) < 4.78 is 39.9. The number of anilines is 1. The molecule has 0 atom stereocenters. The molecule has 0 amide bonds. The van der Waals surface area contributed by atoms with Crippen molar-refractivity contribution >= 4 is 38.6 Å². The van der Waals surface area contributed by atoms with Crippen molar-refractivity contribution in [3.63, 3.8) is 0 Å². The first-order chi connectivity index (χ1) is 9.42. The number of rotatable bonds is 5. The highest BCUT2D eigenvalue weighted by atomic mass is 35.5. The maximum absolute atomic E-state index is 13.0. The first-order valence-electron chi connectivity index (χ1n) is 5.62. The van der Waals surface area contributed by atoms with Crippen LogP contribution in [0.2, 0.25) is 5.02 Å². The topological polar surface area (TPSA) is 58.2 Å². The van der Waals surface area contributed by atoms with Crippen molar-refractivity contribution in [1.29, 1.82) is 0 Å². The van der Waals surface area contributed by atoms with Crippen LogP contribution in [0.4, 0.5) is 10.1 Å². The van der Waals surface area contributed by atoms with Gasteiger partial charge in [-0.05, 0) is 42.3 Å². The van der Waals surface area contributed by atoms with E-state index >= 15 is 0 Å². The Hall–Kier alpha value is -1.15. The maximum atomic E-state index is 13.0. The zero-order valence-corrected chi connectivity index (χ0v) is 12.9. The van der Waals surface area contributed by atoms with Gasteiger partial charge in [-0.2, -0.15) is 0 Å². The Kier molecular flexibility index (Phi) is 4.64. The molecule has 0 fully saturated rings. The van der Waals surface area contributed by atoms with E-state index < -0.39 is 15.8 Å². The van der Waals surface area contributed by atoms with Crippen LogP contribution < -0.4 is 10.0 Å².